The minimum atomic E-state index is -11.3. The van der Waals surface area contributed by atoms with Crippen LogP contribution in [-0.2, 0) is 38.5 Å². The number of fused-ring (bicyclic) bond motifs is 6. The summed E-state index contributed by atoms with van der Waals surface area (Å²) in [6.45, 7) is 66.1. The molecule has 0 aromatic heterocycles. The quantitative estimate of drug-likeness (QED) is 0.0495. The normalized spacial score (nSPS) is 14.1. The minimum Gasteiger partial charge on any atom is -0.238 e. The summed E-state index contributed by atoms with van der Waals surface area (Å²) in [4.78, 5) is 19.4. The Kier molecular flexibility index (Phi) is 23.2. The standard InChI is InChI=1S/C34H4F8N8.C32H4F10N6.C20H4F10N6S2/c1-48-33-15(34(49-2)50-3)5-14-20(23-29(39)25(35)17(9-46)26(36)30(23)40)19-13(4-12(16(19)8-45)11(6-43)7-44)21(22(14)33)24-31(41)27(37)18(10-47)28(38)32(24)42;1-46-31-13(32(47-2)48-3)5-12-16(19-21(33)25(37)29(41)26(38)22(19)34)15-11(4-10(14(15)8-45)9(6-43)7-44)17(18(12)31)20-23(35)27(39)30(42)28(40)24(20)36;1-34-17-13(20(35-2)36-3)5-12-16(17)19(38(26,27,28,29)30)11-4-10(9(6-31)7-32)14(8-33)15(11)18(12)37(21,22,23,24)25/h4-5H2;4-5H2;4-5H2. The average Bonchev–Trinajstić information content (AvgIpc) is 1.43. The fourth-order valence-corrected chi connectivity index (χ4v) is 18.5. The third-order valence-electron chi connectivity index (χ3n) is 21.0. The number of halogens is 28. The van der Waals surface area contributed by atoms with Gasteiger partial charge in [-0.2, -0.15) is 87.0 Å². The van der Waals surface area contributed by atoms with E-state index in [2.05, 4.69) is 43.6 Å². The lowest BCUT2D eigenvalue weighted by molar-refractivity contribution is 0.352. The monoisotopic (exact) mass is 1920 g/mol. The third kappa shape index (κ3) is 14.4. The Morgan fingerprint density at radius 2 is 0.412 bits per heavy atom. The van der Waals surface area contributed by atoms with E-state index in [1.54, 1.807) is 6.07 Å². The molecule has 0 saturated heterocycles. The zero-order valence-electron chi connectivity index (χ0n) is 64.6. The van der Waals surface area contributed by atoms with Crippen molar-refractivity contribution in [3.05, 3.63) is 351 Å². The molecule has 0 bridgehead atoms. The molecular weight excluding hydrogens is 1910 g/mol. The van der Waals surface area contributed by atoms with Crippen LogP contribution in [0.1, 0.15) is 44.5 Å². The maximum Gasteiger partial charge on any atom is 0.512 e. The van der Waals surface area contributed by atoms with Crippen LogP contribution in [0, 0.1) is 289 Å². The molecule has 0 saturated carbocycles. The molecule has 136 heavy (non-hydrogen) atoms. The molecule has 0 fully saturated rings. The number of hydrogen-bond acceptors (Lipinski definition) is 11. The van der Waals surface area contributed by atoms with Crippen molar-refractivity contribution in [1.29, 1.82) is 57.9 Å². The number of rotatable bonds is 6. The van der Waals surface area contributed by atoms with Crippen LogP contribution >= 0.6 is 20.4 Å². The van der Waals surface area contributed by atoms with E-state index in [0.717, 1.165) is 30.3 Å². The van der Waals surface area contributed by atoms with E-state index in [1.165, 1.54) is 30.3 Å². The highest BCUT2D eigenvalue weighted by Crippen LogP contribution is 3.04. The van der Waals surface area contributed by atoms with Crippen LogP contribution in [0.15, 0.2) is 77.4 Å². The van der Waals surface area contributed by atoms with Gasteiger partial charge in [0.1, 0.15) is 144 Å². The Balaban J connectivity index is 0.000000198. The fraction of sp³-hybridized carbons (Fsp3) is 0.0698. The van der Waals surface area contributed by atoms with Gasteiger partial charge in [0, 0.05) is 56.9 Å². The van der Waals surface area contributed by atoms with Gasteiger partial charge >= 0.3 is 37.9 Å². The van der Waals surface area contributed by atoms with Gasteiger partial charge in [-0.05, 0) is 85.3 Å². The molecule has 7 aromatic rings. The average molecular weight is 1920 g/mol. The van der Waals surface area contributed by atoms with Crippen molar-refractivity contribution in [1.82, 2.24) is 0 Å². The van der Waals surface area contributed by atoms with Crippen molar-refractivity contribution in [3.63, 3.8) is 0 Å². The summed E-state index contributed by atoms with van der Waals surface area (Å²) in [7, 11) is -22.5. The second-order valence-corrected chi connectivity index (χ2v) is 32.2. The van der Waals surface area contributed by atoms with Crippen LogP contribution in [0.25, 0.3) is 122 Å². The Labute approximate surface area is 737 Å². The van der Waals surface area contributed by atoms with Gasteiger partial charge in [0.25, 0.3) is 0 Å². The van der Waals surface area contributed by atoms with Crippen LogP contribution < -0.4 is 31.3 Å². The predicted molar refractivity (Wildman–Crippen MR) is 405 cm³/mol. The molecule has 0 heterocycles. The third-order valence-corrected chi connectivity index (χ3v) is 23.4. The van der Waals surface area contributed by atoms with E-state index in [1.807, 2.05) is 0 Å². The fourth-order valence-electron chi connectivity index (χ4n) is 16.0. The van der Waals surface area contributed by atoms with Crippen molar-refractivity contribution in [3.8, 4) is 111 Å². The Bertz CT molecular complexity index is 8120. The highest BCUT2D eigenvalue weighted by Gasteiger charge is 2.72. The number of nitriles is 11. The molecule has 664 valence electrons. The minimum absolute atomic E-state index is 0.569. The summed E-state index contributed by atoms with van der Waals surface area (Å²) in [5, 5.41) is 96.4. The Hall–Kier alpha value is -19.3. The van der Waals surface area contributed by atoms with Crippen LogP contribution in [0.3, 0.4) is 0 Å². The van der Waals surface area contributed by atoms with Crippen molar-refractivity contribution < 1.29 is 118 Å². The molecule has 0 spiro atoms. The van der Waals surface area contributed by atoms with Gasteiger partial charge in [0.15, 0.2) is 110 Å². The lowest BCUT2D eigenvalue weighted by Crippen LogP contribution is -2.34. The molecule has 13 rings (SSSR count). The molecule has 0 atom stereocenters. The van der Waals surface area contributed by atoms with Crippen LogP contribution in [-0.4, -0.2) is 0 Å². The van der Waals surface area contributed by atoms with Crippen molar-refractivity contribution in [2.45, 2.75) is 48.3 Å². The molecule has 0 unspecified atom stereocenters. The first-order chi connectivity index (χ1) is 63.5. The molecule has 6 aliphatic rings. The van der Waals surface area contributed by atoms with E-state index in [4.69, 9.17) is 80.2 Å². The molecule has 0 aliphatic heterocycles. The molecule has 0 N–H and O–H groups in total. The van der Waals surface area contributed by atoms with Crippen LogP contribution in [0.4, 0.5) is 118 Å². The van der Waals surface area contributed by atoms with Gasteiger partial charge in [0.05, 0.1) is 75.4 Å². The van der Waals surface area contributed by atoms with Gasteiger partial charge in [0.2, 0.25) is 11.6 Å². The van der Waals surface area contributed by atoms with E-state index in [9.17, 15) is 102 Å². The first-order valence-corrected chi connectivity index (χ1v) is 38.7. The number of allylic oxidation sites excluding steroid dienone is 6. The summed E-state index contributed by atoms with van der Waals surface area (Å²) in [5.74, 6) is -46.5. The zero-order valence-corrected chi connectivity index (χ0v) is 66.2. The first kappa shape index (κ1) is 97.4. The zero-order chi connectivity index (χ0) is 102. The van der Waals surface area contributed by atoms with Gasteiger partial charge in [-0.15, -0.1) is 0 Å². The lowest BCUT2D eigenvalue weighted by atomic mass is 9.85. The molecule has 50 heteroatoms. The number of nitrogens with zero attached hydrogens (tertiary/aromatic N) is 20. The van der Waals surface area contributed by atoms with Gasteiger partial charge < -0.3 is 0 Å². The summed E-state index contributed by atoms with van der Waals surface area (Å²) in [6, 6.07) is 13.7. The molecule has 0 amide bonds. The largest absolute Gasteiger partial charge is 0.512 e. The summed E-state index contributed by atoms with van der Waals surface area (Å²) in [6.07, 6.45) is -7.48. The smallest absolute Gasteiger partial charge is 0.238 e. The van der Waals surface area contributed by atoms with Gasteiger partial charge in [-0.1, -0.05) is 38.9 Å². The van der Waals surface area contributed by atoms with Crippen LogP contribution in [0.5, 0.6) is 0 Å². The van der Waals surface area contributed by atoms with Crippen molar-refractivity contribution in [2.75, 3.05) is 0 Å². The van der Waals surface area contributed by atoms with E-state index in [0.29, 0.717) is 0 Å². The Morgan fingerprint density at radius 3 is 0.640 bits per heavy atom. The maximum atomic E-state index is 15.9. The van der Waals surface area contributed by atoms with Crippen LogP contribution in [0.2, 0.25) is 0 Å². The summed E-state index contributed by atoms with van der Waals surface area (Å²) in [5.41, 5.74) is -36.8. The summed E-state index contributed by atoms with van der Waals surface area (Å²) >= 11 is 0. The second-order valence-electron chi connectivity index (χ2n) is 27.6. The Morgan fingerprint density at radius 1 is 0.221 bits per heavy atom. The lowest BCUT2D eigenvalue weighted by Gasteiger charge is -2.45. The van der Waals surface area contributed by atoms with Crippen molar-refractivity contribution in [2.24, 2.45) is 0 Å². The highest BCUT2D eigenvalue weighted by atomic mass is 32.5. The molecule has 0 radical (unpaired) electrons. The molecule has 7 aromatic carbocycles. The maximum absolute atomic E-state index is 15.9. The molecular formula is C86H12F28N20S2. The van der Waals surface area contributed by atoms with Crippen molar-refractivity contribution >= 4 is 54.3 Å². The van der Waals surface area contributed by atoms with E-state index >= 15 is 52.7 Å². The number of benzene rings is 7. The molecule has 6 aliphatic carbocycles. The molecule has 20 nitrogen and oxygen atoms in total. The summed E-state index contributed by atoms with van der Waals surface area (Å²) < 4.78 is 418. The first-order valence-electron chi connectivity index (χ1n) is 34.8. The highest BCUT2D eigenvalue weighted by molar-refractivity contribution is 8.46. The number of hydrogen-bond donors (Lipinski definition) is 0. The van der Waals surface area contributed by atoms with E-state index < -0.39 is 395 Å². The van der Waals surface area contributed by atoms with Gasteiger partial charge in [-0.25, -0.2) is 93.6 Å². The topological polar surface area (TPSA) is 301 Å². The second kappa shape index (κ2) is 32.4. The van der Waals surface area contributed by atoms with Gasteiger partial charge in [-0.3, -0.25) is 0 Å². The van der Waals surface area contributed by atoms with E-state index in [-0.39, 0.29) is 0 Å². The SMILES string of the molecule is [C-]#[N+]C([N+]#[C-])=C1Cc2c(-c3c(F)c(F)c(C#N)c(F)c3F)c3c(c(-c4c(F)c(F)c(C#N)c(F)c4F)c2=C1[N+]#[C-])CC(=C(C#N)C#N)C=3C#N.[C-]#[N+]C([N+]#[C-])=C1Cc2c(-c3c(F)c(F)c(F)c(F)c3F)c3c(c(-c4c(F)c(F)c(F)c(F)c4F)c2=C1[N+]#[C-])CC(=C(C#N)C#N)C=3C#N.[C-]#[N+]C([N+]#[C-])=C1Cc2c(S(F)(F)(F)(F)F)c3c(c(S(F)(F)(F)(F)F)c2=C1[N+]#[C-])CC(=C(C#N)C#N)C=3C#N. The predicted octanol–water partition coefficient (Wildman–Crippen LogP) is 19.9.